The second-order valence-electron chi connectivity index (χ2n) is 14.1. The van der Waals surface area contributed by atoms with Crippen molar-refractivity contribution in [1.82, 2.24) is 9.80 Å². The zero-order chi connectivity index (χ0) is 38.1. The van der Waals surface area contributed by atoms with E-state index >= 15 is 0 Å². The normalized spacial score (nSPS) is 11.2. The van der Waals surface area contributed by atoms with Gasteiger partial charge in [0.2, 0.25) is 0 Å². The zero-order valence-corrected chi connectivity index (χ0v) is 34.3. The van der Waals surface area contributed by atoms with Gasteiger partial charge in [-0.15, -0.1) is 0 Å². The van der Waals surface area contributed by atoms with Crippen molar-refractivity contribution in [2.75, 3.05) is 45.9 Å². The molecule has 0 amide bonds. The highest BCUT2D eigenvalue weighted by Gasteiger charge is 2.35. The highest BCUT2D eigenvalue weighted by molar-refractivity contribution is 6.32. The van der Waals surface area contributed by atoms with E-state index in [1.165, 1.54) is 133 Å². The van der Waals surface area contributed by atoms with E-state index in [0.29, 0.717) is 6.42 Å². The second-order valence-corrected chi connectivity index (χ2v) is 14.1. The van der Waals surface area contributed by atoms with Crippen LogP contribution in [0.1, 0.15) is 148 Å². The standard InChI is InChI=1S/C22H23BO3.2C12H27N/c24-23(25)26-18-10-17-22(19-11-4-1-5-12-19,20-13-6-2-7-14-20)21-15-8-3-9-16-21;2*1-4-7-10-13(11-8-5-2)12-9-6-3/h1-9,11-16,24-25H,10,17-18H2;2*4-12H2,1-3H3. The van der Waals surface area contributed by atoms with Crippen LogP contribution in [0.5, 0.6) is 0 Å². The predicted molar refractivity (Wildman–Crippen MR) is 227 cm³/mol. The molecular formula is C46H77BN2O3. The minimum Gasteiger partial charge on any atom is -0.402 e. The lowest BCUT2D eigenvalue weighted by Gasteiger charge is -2.36. The molecule has 0 bridgehead atoms. The van der Waals surface area contributed by atoms with Gasteiger partial charge >= 0.3 is 7.32 Å². The molecule has 0 aliphatic heterocycles. The fraction of sp³-hybridized carbons (Fsp3) is 0.609. The molecule has 0 aromatic heterocycles. The summed E-state index contributed by atoms with van der Waals surface area (Å²) < 4.78 is 4.96. The predicted octanol–water partition coefficient (Wildman–Crippen LogP) is 11.2. The van der Waals surface area contributed by atoms with Crippen molar-refractivity contribution < 1.29 is 14.7 Å². The molecule has 3 rings (SSSR count). The molecule has 0 heterocycles. The quantitative estimate of drug-likeness (QED) is 0.0492. The molecule has 6 heteroatoms. The average Bonchev–Trinajstić information content (AvgIpc) is 3.19. The molecular weight excluding hydrogens is 639 g/mol. The lowest BCUT2D eigenvalue weighted by Crippen LogP contribution is -2.30. The summed E-state index contributed by atoms with van der Waals surface area (Å²) >= 11 is 0. The van der Waals surface area contributed by atoms with Gasteiger partial charge in [-0.25, -0.2) is 0 Å². The summed E-state index contributed by atoms with van der Waals surface area (Å²) in [7, 11) is -1.73. The van der Waals surface area contributed by atoms with E-state index in [-0.39, 0.29) is 12.0 Å². The summed E-state index contributed by atoms with van der Waals surface area (Å²) in [4.78, 5) is 5.27. The molecule has 0 aliphatic rings. The maximum absolute atomic E-state index is 8.97. The van der Waals surface area contributed by atoms with Crippen LogP contribution in [0, 0.1) is 0 Å². The monoisotopic (exact) mass is 717 g/mol. The first-order chi connectivity index (χ1) is 25.4. The summed E-state index contributed by atoms with van der Waals surface area (Å²) in [5, 5.41) is 17.9. The topological polar surface area (TPSA) is 56.2 Å². The molecule has 2 N–H and O–H groups in total. The lowest BCUT2D eigenvalue weighted by atomic mass is 9.67. The van der Waals surface area contributed by atoms with Crippen LogP contribution in [0.3, 0.4) is 0 Å². The SMILES string of the molecule is CCCCN(CCCC)CCCC.CCCCN(CCCC)CCCC.OB(O)OCCCC(c1ccccc1)(c1ccccc1)c1ccccc1. The summed E-state index contributed by atoms with van der Waals surface area (Å²) in [5.74, 6) is 0. The summed E-state index contributed by atoms with van der Waals surface area (Å²) in [6, 6.07) is 31.4. The third-order valence-electron chi connectivity index (χ3n) is 9.73. The second kappa shape index (κ2) is 32.0. The number of unbranched alkanes of at least 4 members (excludes halogenated alkanes) is 6. The van der Waals surface area contributed by atoms with E-state index < -0.39 is 7.32 Å². The lowest BCUT2D eigenvalue weighted by molar-refractivity contribution is 0.179. The number of nitrogens with zero attached hydrogens (tertiary/aromatic N) is 2. The van der Waals surface area contributed by atoms with Crippen molar-refractivity contribution in [3.8, 4) is 0 Å². The Hall–Kier alpha value is -2.48. The van der Waals surface area contributed by atoms with Crippen molar-refractivity contribution in [2.45, 2.75) is 137 Å². The van der Waals surface area contributed by atoms with Gasteiger partial charge in [0.1, 0.15) is 0 Å². The maximum atomic E-state index is 8.97. The van der Waals surface area contributed by atoms with Crippen LogP contribution >= 0.6 is 0 Å². The highest BCUT2D eigenvalue weighted by Crippen LogP contribution is 2.43. The highest BCUT2D eigenvalue weighted by atomic mass is 16.6. The third kappa shape index (κ3) is 20.1. The van der Waals surface area contributed by atoms with Crippen LogP contribution in [0.4, 0.5) is 0 Å². The number of rotatable bonds is 26. The summed E-state index contributed by atoms with van der Waals surface area (Å²) in [6.07, 6.45) is 17.7. The largest absolute Gasteiger partial charge is 0.633 e. The minimum atomic E-state index is -1.73. The van der Waals surface area contributed by atoms with Gasteiger partial charge in [-0.1, -0.05) is 171 Å². The molecule has 3 aromatic rings. The molecule has 0 aliphatic carbocycles. The van der Waals surface area contributed by atoms with Gasteiger partial charge < -0.3 is 24.5 Å². The first-order valence-electron chi connectivity index (χ1n) is 21.0. The fourth-order valence-electron chi connectivity index (χ4n) is 6.59. The van der Waals surface area contributed by atoms with Gasteiger partial charge in [0.05, 0.1) is 0 Å². The van der Waals surface area contributed by atoms with Crippen molar-refractivity contribution in [2.24, 2.45) is 0 Å². The fourth-order valence-corrected chi connectivity index (χ4v) is 6.59. The van der Waals surface area contributed by atoms with Crippen molar-refractivity contribution >= 4 is 7.32 Å². The van der Waals surface area contributed by atoms with Gasteiger partial charge in [0.15, 0.2) is 0 Å². The average molecular weight is 717 g/mol. The van der Waals surface area contributed by atoms with E-state index in [1.807, 2.05) is 18.2 Å². The first kappa shape index (κ1) is 47.5. The number of benzene rings is 3. The van der Waals surface area contributed by atoms with Crippen LogP contribution in [0.25, 0.3) is 0 Å². The van der Waals surface area contributed by atoms with Gasteiger partial charge in [0, 0.05) is 12.0 Å². The smallest absolute Gasteiger partial charge is 0.402 e. The molecule has 0 atom stereocenters. The molecule has 0 fully saturated rings. The van der Waals surface area contributed by atoms with Gasteiger partial charge in [-0.05, 0) is 107 Å². The Morgan fingerprint density at radius 2 is 0.712 bits per heavy atom. The van der Waals surface area contributed by atoms with Crippen LogP contribution < -0.4 is 0 Å². The molecule has 0 unspecified atom stereocenters. The molecule has 3 aromatic carbocycles. The van der Waals surface area contributed by atoms with E-state index in [9.17, 15) is 0 Å². The van der Waals surface area contributed by atoms with E-state index in [4.69, 9.17) is 14.7 Å². The van der Waals surface area contributed by atoms with Gasteiger partial charge in [-0.3, -0.25) is 0 Å². The molecule has 0 radical (unpaired) electrons. The van der Waals surface area contributed by atoms with E-state index in [2.05, 4.69) is 124 Å². The molecule has 0 saturated heterocycles. The molecule has 0 spiro atoms. The third-order valence-corrected chi connectivity index (χ3v) is 9.73. The Labute approximate surface area is 321 Å². The van der Waals surface area contributed by atoms with E-state index in [0.717, 1.165) is 6.42 Å². The van der Waals surface area contributed by atoms with E-state index in [1.54, 1.807) is 0 Å². The molecule has 52 heavy (non-hydrogen) atoms. The van der Waals surface area contributed by atoms with Crippen molar-refractivity contribution in [1.29, 1.82) is 0 Å². The molecule has 292 valence electrons. The van der Waals surface area contributed by atoms with Crippen LogP contribution in [-0.2, 0) is 10.1 Å². The number of hydrogen-bond acceptors (Lipinski definition) is 5. The Bertz CT molecular complexity index is 1010. The molecule has 0 saturated carbocycles. The van der Waals surface area contributed by atoms with Crippen molar-refractivity contribution in [3.05, 3.63) is 108 Å². The summed E-state index contributed by atoms with van der Waals surface area (Å²) in [6.45, 7) is 21.8. The van der Waals surface area contributed by atoms with Crippen LogP contribution in [0.2, 0.25) is 0 Å². The minimum absolute atomic E-state index is 0.284. The molecule has 5 nitrogen and oxygen atoms in total. The van der Waals surface area contributed by atoms with Crippen LogP contribution in [0.15, 0.2) is 91.0 Å². The Kier molecular flexibility index (Phi) is 29.3. The van der Waals surface area contributed by atoms with Gasteiger partial charge in [0.25, 0.3) is 0 Å². The van der Waals surface area contributed by atoms with Gasteiger partial charge in [-0.2, -0.15) is 0 Å². The number of hydrogen-bond donors (Lipinski definition) is 2. The Balaban J connectivity index is 0.000000440. The van der Waals surface area contributed by atoms with Crippen LogP contribution in [-0.4, -0.2) is 73.0 Å². The summed E-state index contributed by atoms with van der Waals surface area (Å²) in [5.41, 5.74) is 3.30. The Morgan fingerprint density at radius 1 is 0.442 bits per heavy atom. The Morgan fingerprint density at radius 3 is 0.942 bits per heavy atom. The zero-order valence-electron chi connectivity index (χ0n) is 34.3. The first-order valence-corrected chi connectivity index (χ1v) is 21.0. The van der Waals surface area contributed by atoms with Crippen molar-refractivity contribution in [3.63, 3.8) is 0 Å². The maximum Gasteiger partial charge on any atom is 0.633 e.